The van der Waals surface area contributed by atoms with E-state index < -0.39 is 23.8 Å². The monoisotopic (exact) mass is 286 g/mol. The molecule has 1 aliphatic heterocycles. The second kappa shape index (κ2) is 4.98. The summed E-state index contributed by atoms with van der Waals surface area (Å²) in [6, 6.07) is 6.52. The number of imide groups is 2. The van der Waals surface area contributed by atoms with Crippen molar-refractivity contribution in [2.45, 2.75) is 38.6 Å². The molecule has 0 radical (unpaired) electrons. The van der Waals surface area contributed by atoms with Gasteiger partial charge < -0.3 is 0 Å². The Morgan fingerprint density at radius 1 is 1.14 bits per heavy atom. The highest BCUT2D eigenvalue weighted by Crippen LogP contribution is 2.37. The number of hydrogen-bond donors (Lipinski definition) is 1. The van der Waals surface area contributed by atoms with Gasteiger partial charge in [-0.05, 0) is 38.2 Å². The smallest absolute Gasteiger partial charge is 0.277 e. The van der Waals surface area contributed by atoms with Gasteiger partial charge in [-0.1, -0.05) is 29.8 Å². The van der Waals surface area contributed by atoms with Crippen molar-refractivity contribution in [3.63, 3.8) is 0 Å². The molecule has 4 amide bonds. The highest BCUT2D eigenvalue weighted by atomic mass is 16.2. The standard InChI is InChI=1S/C16H18N2O3/c1-9-3-5-12(6-4-9)13-14(19)17-16(21)18(15(13)20)10(2)11-7-8-11/h3-6,10-11,13H,7-8H2,1-2H3,(H,17,19,21). The molecule has 1 aromatic rings. The fourth-order valence-electron chi connectivity index (χ4n) is 2.82. The Kier molecular flexibility index (Phi) is 3.27. The van der Waals surface area contributed by atoms with Crippen LogP contribution in [0.3, 0.4) is 0 Å². The number of nitrogens with zero attached hydrogens (tertiary/aromatic N) is 1. The van der Waals surface area contributed by atoms with Gasteiger partial charge >= 0.3 is 6.03 Å². The molecule has 2 atom stereocenters. The average molecular weight is 286 g/mol. The number of barbiturate groups is 1. The number of urea groups is 1. The van der Waals surface area contributed by atoms with Crippen LogP contribution in [0.4, 0.5) is 4.79 Å². The number of benzene rings is 1. The van der Waals surface area contributed by atoms with Crippen molar-refractivity contribution < 1.29 is 14.4 Å². The summed E-state index contributed by atoms with van der Waals surface area (Å²) in [5.74, 6) is -1.50. The molecule has 21 heavy (non-hydrogen) atoms. The van der Waals surface area contributed by atoms with Crippen molar-refractivity contribution in [3.8, 4) is 0 Å². The topological polar surface area (TPSA) is 66.5 Å². The molecule has 0 aromatic heterocycles. The minimum Gasteiger partial charge on any atom is -0.277 e. The van der Waals surface area contributed by atoms with E-state index in [9.17, 15) is 14.4 Å². The molecule has 5 nitrogen and oxygen atoms in total. The summed E-state index contributed by atoms with van der Waals surface area (Å²) in [5, 5.41) is 2.31. The zero-order valence-electron chi connectivity index (χ0n) is 12.1. The molecule has 1 saturated carbocycles. The van der Waals surface area contributed by atoms with Crippen molar-refractivity contribution in [1.29, 1.82) is 0 Å². The Hall–Kier alpha value is -2.17. The molecule has 1 aromatic carbocycles. The normalized spacial score (nSPS) is 24.0. The van der Waals surface area contributed by atoms with Gasteiger partial charge in [-0.3, -0.25) is 19.8 Å². The lowest BCUT2D eigenvalue weighted by Crippen LogP contribution is -2.59. The van der Waals surface area contributed by atoms with Gasteiger partial charge in [0.25, 0.3) is 0 Å². The van der Waals surface area contributed by atoms with E-state index >= 15 is 0 Å². The molecular weight excluding hydrogens is 268 g/mol. The number of hydrogen-bond acceptors (Lipinski definition) is 3. The van der Waals surface area contributed by atoms with Crippen LogP contribution >= 0.6 is 0 Å². The van der Waals surface area contributed by atoms with Crippen LogP contribution in [0, 0.1) is 12.8 Å². The Labute approximate surface area is 123 Å². The largest absolute Gasteiger partial charge is 0.331 e. The molecule has 1 N–H and O–H groups in total. The van der Waals surface area contributed by atoms with Crippen molar-refractivity contribution in [1.82, 2.24) is 10.2 Å². The van der Waals surface area contributed by atoms with Crippen molar-refractivity contribution in [3.05, 3.63) is 35.4 Å². The Bertz CT molecular complexity index is 604. The van der Waals surface area contributed by atoms with Gasteiger partial charge in [0.2, 0.25) is 11.8 Å². The van der Waals surface area contributed by atoms with Gasteiger partial charge in [0.1, 0.15) is 5.92 Å². The lowest BCUT2D eigenvalue weighted by Gasteiger charge is -2.34. The highest BCUT2D eigenvalue weighted by Gasteiger charge is 2.46. The van der Waals surface area contributed by atoms with E-state index in [1.807, 2.05) is 26.0 Å². The first-order chi connectivity index (χ1) is 9.99. The molecule has 1 aliphatic carbocycles. The minimum absolute atomic E-state index is 0.154. The summed E-state index contributed by atoms with van der Waals surface area (Å²) in [7, 11) is 0. The Balaban J connectivity index is 1.92. The summed E-state index contributed by atoms with van der Waals surface area (Å²) < 4.78 is 0. The summed E-state index contributed by atoms with van der Waals surface area (Å²) in [6.07, 6.45) is 2.06. The third-order valence-electron chi connectivity index (χ3n) is 4.32. The summed E-state index contributed by atoms with van der Waals surface area (Å²) in [4.78, 5) is 37.9. The molecule has 3 rings (SSSR count). The second-order valence-corrected chi connectivity index (χ2v) is 5.92. The van der Waals surface area contributed by atoms with Gasteiger partial charge in [0, 0.05) is 6.04 Å². The van der Waals surface area contributed by atoms with Crippen LogP contribution in [0.15, 0.2) is 24.3 Å². The van der Waals surface area contributed by atoms with Gasteiger partial charge in [-0.25, -0.2) is 4.79 Å². The van der Waals surface area contributed by atoms with Crippen molar-refractivity contribution in [2.24, 2.45) is 5.92 Å². The van der Waals surface area contributed by atoms with E-state index in [4.69, 9.17) is 0 Å². The van der Waals surface area contributed by atoms with Crippen molar-refractivity contribution >= 4 is 17.8 Å². The minimum atomic E-state index is -0.926. The Morgan fingerprint density at radius 3 is 2.33 bits per heavy atom. The highest BCUT2D eigenvalue weighted by molar-refractivity contribution is 6.19. The van der Waals surface area contributed by atoms with Crippen LogP contribution in [0.5, 0.6) is 0 Å². The quantitative estimate of drug-likeness (QED) is 0.864. The summed E-state index contributed by atoms with van der Waals surface area (Å²) >= 11 is 0. The Morgan fingerprint density at radius 2 is 1.76 bits per heavy atom. The first-order valence-electron chi connectivity index (χ1n) is 7.23. The molecule has 110 valence electrons. The zero-order chi connectivity index (χ0) is 15.1. The van der Waals surface area contributed by atoms with E-state index in [-0.39, 0.29) is 6.04 Å². The van der Waals surface area contributed by atoms with Gasteiger partial charge in [0.05, 0.1) is 0 Å². The number of amides is 4. The van der Waals surface area contributed by atoms with E-state index in [1.165, 1.54) is 4.90 Å². The van der Waals surface area contributed by atoms with E-state index in [1.54, 1.807) is 12.1 Å². The molecule has 0 bridgehead atoms. The molecule has 1 heterocycles. The maximum absolute atomic E-state index is 12.6. The van der Waals surface area contributed by atoms with E-state index in [0.29, 0.717) is 11.5 Å². The lowest BCUT2D eigenvalue weighted by molar-refractivity contribution is -0.140. The predicted molar refractivity (Wildman–Crippen MR) is 76.5 cm³/mol. The number of nitrogens with one attached hydrogen (secondary N) is 1. The van der Waals surface area contributed by atoms with Crippen LogP contribution in [0.2, 0.25) is 0 Å². The second-order valence-electron chi connectivity index (χ2n) is 5.92. The molecular formula is C16H18N2O3. The maximum atomic E-state index is 12.6. The van der Waals surface area contributed by atoms with E-state index in [0.717, 1.165) is 18.4 Å². The molecule has 0 spiro atoms. The third-order valence-corrected chi connectivity index (χ3v) is 4.32. The van der Waals surface area contributed by atoms with Crippen molar-refractivity contribution in [2.75, 3.05) is 0 Å². The molecule has 2 fully saturated rings. The van der Waals surface area contributed by atoms with Crippen LogP contribution in [0.1, 0.15) is 36.8 Å². The number of aryl methyl sites for hydroxylation is 1. The molecule has 1 saturated heterocycles. The van der Waals surface area contributed by atoms with Crippen LogP contribution in [-0.4, -0.2) is 28.8 Å². The van der Waals surface area contributed by atoms with Gasteiger partial charge in [0.15, 0.2) is 0 Å². The maximum Gasteiger partial charge on any atom is 0.331 e. The fourth-order valence-corrected chi connectivity index (χ4v) is 2.82. The van der Waals surface area contributed by atoms with Crippen LogP contribution in [0.25, 0.3) is 0 Å². The number of rotatable bonds is 3. The van der Waals surface area contributed by atoms with Crippen LogP contribution in [-0.2, 0) is 9.59 Å². The number of carbonyl (C=O) groups excluding carboxylic acids is 3. The number of carbonyl (C=O) groups is 3. The fraction of sp³-hybridized carbons (Fsp3) is 0.438. The predicted octanol–water partition coefficient (Wildman–Crippen LogP) is 1.96. The van der Waals surface area contributed by atoms with Crippen LogP contribution < -0.4 is 5.32 Å². The van der Waals surface area contributed by atoms with E-state index in [2.05, 4.69) is 5.32 Å². The third kappa shape index (κ3) is 2.44. The first-order valence-corrected chi connectivity index (χ1v) is 7.23. The summed E-state index contributed by atoms with van der Waals surface area (Å²) in [6.45, 7) is 3.81. The SMILES string of the molecule is Cc1ccc(C2C(=O)NC(=O)N(C(C)C3CC3)C2=O)cc1. The van der Waals surface area contributed by atoms with Gasteiger partial charge in [-0.2, -0.15) is 0 Å². The average Bonchev–Trinajstić information content (AvgIpc) is 3.24. The molecule has 2 aliphatic rings. The zero-order valence-corrected chi connectivity index (χ0v) is 12.1. The van der Waals surface area contributed by atoms with Gasteiger partial charge in [-0.15, -0.1) is 0 Å². The first kappa shape index (κ1) is 13.8. The lowest BCUT2D eigenvalue weighted by atomic mass is 9.93. The molecule has 5 heteroatoms. The molecule has 2 unspecified atom stereocenters. The summed E-state index contributed by atoms with van der Waals surface area (Å²) in [5.41, 5.74) is 1.69.